The summed E-state index contributed by atoms with van der Waals surface area (Å²) in [4.78, 5) is 0.351. The molecule has 0 spiro atoms. The zero-order chi connectivity index (χ0) is 13.3. The molecule has 1 aromatic carbocycles. The highest BCUT2D eigenvalue weighted by Crippen LogP contribution is 2.25. The minimum absolute atomic E-state index is 0.351. The molecular formula is C13H20N2O2S. The average molecular weight is 268 g/mol. The summed E-state index contributed by atoms with van der Waals surface area (Å²) in [5.74, 6) is 0.615. The van der Waals surface area contributed by atoms with Crippen LogP contribution in [0.2, 0.25) is 0 Å². The SMILES string of the molecule is Cc1cc(S(=O)(=O)N2CCC(C)CC2)ccc1N. The molecule has 0 radical (unpaired) electrons. The van der Waals surface area contributed by atoms with Crippen LogP contribution in [0.15, 0.2) is 23.1 Å². The predicted octanol–water partition coefficient (Wildman–Crippen LogP) is 2.00. The highest BCUT2D eigenvalue weighted by molar-refractivity contribution is 7.89. The molecule has 1 aliphatic heterocycles. The minimum Gasteiger partial charge on any atom is -0.399 e. The third kappa shape index (κ3) is 2.52. The topological polar surface area (TPSA) is 63.4 Å². The summed E-state index contributed by atoms with van der Waals surface area (Å²) in [5, 5.41) is 0. The number of sulfonamides is 1. The Balaban J connectivity index is 2.27. The van der Waals surface area contributed by atoms with Gasteiger partial charge in [-0.2, -0.15) is 4.31 Å². The number of aryl methyl sites for hydroxylation is 1. The van der Waals surface area contributed by atoms with Crippen LogP contribution in [0, 0.1) is 12.8 Å². The summed E-state index contributed by atoms with van der Waals surface area (Å²) >= 11 is 0. The maximum Gasteiger partial charge on any atom is 0.243 e. The second-order valence-electron chi connectivity index (χ2n) is 5.11. The zero-order valence-corrected chi connectivity index (χ0v) is 11.7. The van der Waals surface area contributed by atoms with Crippen LogP contribution in [0.4, 0.5) is 5.69 Å². The van der Waals surface area contributed by atoms with Gasteiger partial charge in [-0.15, -0.1) is 0 Å². The van der Waals surface area contributed by atoms with E-state index in [0.29, 0.717) is 29.6 Å². The van der Waals surface area contributed by atoms with Crippen molar-refractivity contribution in [2.45, 2.75) is 31.6 Å². The van der Waals surface area contributed by atoms with E-state index in [2.05, 4.69) is 6.92 Å². The summed E-state index contributed by atoms with van der Waals surface area (Å²) in [6.45, 7) is 5.23. The van der Waals surface area contributed by atoms with Crippen molar-refractivity contribution in [3.05, 3.63) is 23.8 Å². The first-order valence-electron chi connectivity index (χ1n) is 6.27. The molecule has 100 valence electrons. The molecule has 0 aliphatic carbocycles. The summed E-state index contributed by atoms with van der Waals surface area (Å²) in [5.41, 5.74) is 7.15. The number of hydrogen-bond donors (Lipinski definition) is 1. The molecule has 1 heterocycles. The van der Waals surface area contributed by atoms with Gasteiger partial charge in [0.1, 0.15) is 0 Å². The molecule has 0 saturated carbocycles. The number of nitrogens with two attached hydrogens (primary N) is 1. The van der Waals surface area contributed by atoms with Crippen molar-refractivity contribution in [2.24, 2.45) is 5.92 Å². The van der Waals surface area contributed by atoms with Crippen molar-refractivity contribution in [3.63, 3.8) is 0 Å². The van der Waals surface area contributed by atoms with E-state index in [4.69, 9.17) is 5.73 Å². The summed E-state index contributed by atoms with van der Waals surface area (Å²) in [6, 6.07) is 4.91. The van der Waals surface area contributed by atoms with Crippen LogP contribution < -0.4 is 5.73 Å². The quantitative estimate of drug-likeness (QED) is 0.834. The van der Waals surface area contributed by atoms with E-state index in [-0.39, 0.29) is 0 Å². The van der Waals surface area contributed by atoms with Crippen molar-refractivity contribution in [2.75, 3.05) is 18.8 Å². The fourth-order valence-corrected chi connectivity index (χ4v) is 3.74. The number of benzene rings is 1. The average Bonchev–Trinajstić information content (AvgIpc) is 2.33. The van der Waals surface area contributed by atoms with Gasteiger partial charge in [0.25, 0.3) is 0 Å². The van der Waals surface area contributed by atoms with E-state index >= 15 is 0 Å². The van der Waals surface area contributed by atoms with Gasteiger partial charge in [0, 0.05) is 18.8 Å². The first kappa shape index (κ1) is 13.4. The Morgan fingerprint density at radius 1 is 1.28 bits per heavy atom. The van der Waals surface area contributed by atoms with E-state index in [0.717, 1.165) is 18.4 Å². The van der Waals surface area contributed by atoms with E-state index in [9.17, 15) is 8.42 Å². The lowest BCUT2D eigenvalue weighted by Gasteiger charge is -2.29. The van der Waals surface area contributed by atoms with E-state index in [1.54, 1.807) is 22.5 Å². The Morgan fingerprint density at radius 2 is 1.89 bits per heavy atom. The lowest BCUT2D eigenvalue weighted by molar-refractivity contribution is 0.288. The molecule has 1 aliphatic rings. The predicted molar refractivity (Wildman–Crippen MR) is 72.7 cm³/mol. The monoisotopic (exact) mass is 268 g/mol. The summed E-state index contributed by atoms with van der Waals surface area (Å²) in [6.07, 6.45) is 1.88. The maximum absolute atomic E-state index is 12.4. The van der Waals surface area contributed by atoms with Gasteiger partial charge < -0.3 is 5.73 Å². The molecule has 2 rings (SSSR count). The number of anilines is 1. The molecule has 4 nitrogen and oxygen atoms in total. The highest BCUT2D eigenvalue weighted by Gasteiger charge is 2.28. The number of rotatable bonds is 2. The Labute approximate surface area is 109 Å². The lowest BCUT2D eigenvalue weighted by Crippen LogP contribution is -2.37. The molecule has 18 heavy (non-hydrogen) atoms. The fraction of sp³-hybridized carbons (Fsp3) is 0.538. The molecule has 1 saturated heterocycles. The molecule has 0 aromatic heterocycles. The molecule has 0 bridgehead atoms. The van der Waals surface area contributed by atoms with Gasteiger partial charge >= 0.3 is 0 Å². The van der Waals surface area contributed by atoms with Crippen molar-refractivity contribution >= 4 is 15.7 Å². The Bertz CT molecular complexity index is 532. The second kappa shape index (κ2) is 4.90. The van der Waals surface area contributed by atoms with Gasteiger partial charge in [-0.1, -0.05) is 6.92 Å². The summed E-state index contributed by atoms with van der Waals surface area (Å²) in [7, 11) is -3.35. The third-order valence-corrected chi connectivity index (χ3v) is 5.52. The molecule has 0 atom stereocenters. The first-order chi connectivity index (χ1) is 8.41. The van der Waals surface area contributed by atoms with E-state index < -0.39 is 10.0 Å². The normalized spacial score (nSPS) is 19.0. The largest absolute Gasteiger partial charge is 0.399 e. The van der Waals surface area contributed by atoms with Crippen LogP contribution in [0.1, 0.15) is 25.3 Å². The first-order valence-corrected chi connectivity index (χ1v) is 7.71. The molecule has 1 fully saturated rings. The van der Waals surface area contributed by atoms with Gasteiger partial charge in [-0.3, -0.25) is 0 Å². The number of nitrogens with zero attached hydrogens (tertiary/aromatic N) is 1. The van der Waals surface area contributed by atoms with E-state index in [1.165, 1.54) is 0 Å². The van der Waals surface area contributed by atoms with Crippen LogP contribution in [0.5, 0.6) is 0 Å². The molecule has 1 aromatic rings. The Morgan fingerprint density at radius 3 is 2.44 bits per heavy atom. The van der Waals surface area contributed by atoms with Crippen molar-refractivity contribution in [3.8, 4) is 0 Å². The van der Waals surface area contributed by atoms with Gasteiger partial charge in [0.15, 0.2) is 0 Å². The standard InChI is InChI=1S/C13H20N2O2S/c1-10-5-7-15(8-6-10)18(16,17)12-3-4-13(14)11(2)9-12/h3-4,9-10H,5-8,14H2,1-2H3. The lowest BCUT2D eigenvalue weighted by atomic mass is 10.0. The van der Waals surface area contributed by atoms with Crippen LogP contribution in [0.25, 0.3) is 0 Å². The Hall–Kier alpha value is -1.07. The molecule has 5 heteroatoms. The number of hydrogen-bond acceptors (Lipinski definition) is 3. The van der Waals surface area contributed by atoms with Gasteiger partial charge in [0.2, 0.25) is 10.0 Å². The van der Waals surface area contributed by atoms with Crippen molar-refractivity contribution < 1.29 is 8.42 Å². The molecule has 0 unspecified atom stereocenters. The molecule has 2 N–H and O–H groups in total. The Kier molecular flexibility index (Phi) is 3.64. The molecule has 0 amide bonds. The van der Waals surface area contributed by atoms with Crippen LogP contribution in [-0.2, 0) is 10.0 Å². The highest BCUT2D eigenvalue weighted by atomic mass is 32.2. The van der Waals surface area contributed by atoms with Crippen LogP contribution in [0.3, 0.4) is 0 Å². The molecular weight excluding hydrogens is 248 g/mol. The van der Waals surface area contributed by atoms with Crippen LogP contribution >= 0.6 is 0 Å². The smallest absolute Gasteiger partial charge is 0.243 e. The zero-order valence-electron chi connectivity index (χ0n) is 10.9. The fourth-order valence-electron chi connectivity index (χ4n) is 2.18. The minimum atomic E-state index is -3.35. The number of piperidine rings is 1. The van der Waals surface area contributed by atoms with Crippen molar-refractivity contribution in [1.29, 1.82) is 0 Å². The number of nitrogen functional groups attached to an aromatic ring is 1. The van der Waals surface area contributed by atoms with Gasteiger partial charge in [-0.25, -0.2) is 8.42 Å². The maximum atomic E-state index is 12.4. The van der Waals surface area contributed by atoms with Gasteiger partial charge in [0.05, 0.1) is 4.90 Å². The second-order valence-corrected chi connectivity index (χ2v) is 7.04. The van der Waals surface area contributed by atoms with E-state index in [1.807, 2.05) is 6.92 Å². The van der Waals surface area contributed by atoms with Gasteiger partial charge in [-0.05, 0) is 49.4 Å². The van der Waals surface area contributed by atoms with Crippen molar-refractivity contribution in [1.82, 2.24) is 4.31 Å². The summed E-state index contributed by atoms with van der Waals surface area (Å²) < 4.78 is 26.5. The van der Waals surface area contributed by atoms with Crippen LogP contribution in [-0.4, -0.2) is 25.8 Å². The third-order valence-electron chi connectivity index (χ3n) is 3.62.